The van der Waals surface area contributed by atoms with Gasteiger partial charge in [-0.15, -0.1) is 10.2 Å². The van der Waals surface area contributed by atoms with Crippen LogP contribution in [0, 0.1) is 6.92 Å². The summed E-state index contributed by atoms with van der Waals surface area (Å²) in [5.74, 6) is 2.37. The number of hydrogen-bond donors (Lipinski definition) is 1. The normalized spacial score (nSPS) is 11.1. The van der Waals surface area contributed by atoms with Gasteiger partial charge < -0.3 is 0 Å². The minimum atomic E-state index is 0.486. The van der Waals surface area contributed by atoms with Gasteiger partial charge in [0.2, 0.25) is 5.82 Å². The van der Waals surface area contributed by atoms with E-state index in [0.29, 0.717) is 18.1 Å². The number of rotatable bonds is 8. The number of benzene rings is 1. The third kappa shape index (κ3) is 4.37. The van der Waals surface area contributed by atoms with Gasteiger partial charge in [-0.2, -0.15) is 10.3 Å². The molecule has 0 spiro atoms. The fourth-order valence-electron chi connectivity index (χ4n) is 3.39. The molecule has 0 fully saturated rings. The van der Waals surface area contributed by atoms with Crippen molar-refractivity contribution in [2.45, 2.75) is 46.1 Å². The Morgan fingerprint density at radius 3 is 2.69 bits per heavy atom. The third-order valence-corrected chi connectivity index (χ3v) is 4.82. The lowest BCUT2D eigenvalue weighted by atomic mass is 10.0. The van der Waals surface area contributed by atoms with Crippen molar-refractivity contribution in [3.63, 3.8) is 0 Å². The van der Waals surface area contributed by atoms with Crippen LogP contribution in [-0.2, 0) is 13.0 Å². The molecule has 29 heavy (non-hydrogen) atoms. The third-order valence-electron chi connectivity index (χ3n) is 4.82. The van der Waals surface area contributed by atoms with Gasteiger partial charge in [0.05, 0.1) is 6.54 Å². The number of nitrogens with zero attached hydrogens (tertiary/aromatic N) is 7. The lowest BCUT2D eigenvalue weighted by molar-refractivity contribution is 0.605. The monoisotopic (exact) mass is 388 g/mol. The lowest BCUT2D eigenvalue weighted by Gasteiger charge is -2.09. The Morgan fingerprint density at radius 1 is 1.07 bits per heavy atom. The van der Waals surface area contributed by atoms with Gasteiger partial charge in [0.1, 0.15) is 17.3 Å². The summed E-state index contributed by atoms with van der Waals surface area (Å²) < 4.78 is 2.02. The van der Waals surface area contributed by atoms with Crippen molar-refractivity contribution in [3.05, 3.63) is 59.8 Å². The minimum Gasteiger partial charge on any atom is -0.252 e. The minimum absolute atomic E-state index is 0.486. The Kier molecular flexibility index (Phi) is 5.69. The first-order chi connectivity index (χ1) is 14.2. The van der Waals surface area contributed by atoms with E-state index in [4.69, 9.17) is 0 Å². The molecule has 0 radical (unpaired) electrons. The van der Waals surface area contributed by atoms with Crippen molar-refractivity contribution >= 4 is 0 Å². The molecule has 0 aliphatic rings. The fraction of sp³-hybridized carbons (Fsp3) is 0.333. The number of aromatic amines is 1. The highest BCUT2D eigenvalue weighted by molar-refractivity contribution is 5.77. The molecule has 1 N–H and O–H groups in total. The Balaban J connectivity index is 1.54. The predicted octanol–water partition coefficient (Wildman–Crippen LogP) is 3.61. The highest BCUT2D eigenvalue weighted by Crippen LogP contribution is 2.28. The van der Waals surface area contributed by atoms with Gasteiger partial charge in [0.15, 0.2) is 0 Å². The van der Waals surface area contributed by atoms with Crippen LogP contribution in [0.3, 0.4) is 0 Å². The van der Waals surface area contributed by atoms with E-state index in [1.807, 2.05) is 23.7 Å². The van der Waals surface area contributed by atoms with Crippen molar-refractivity contribution in [2.24, 2.45) is 0 Å². The van der Waals surface area contributed by atoms with Crippen LogP contribution < -0.4 is 0 Å². The zero-order valence-electron chi connectivity index (χ0n) is 16.7. The Hall–Kier alpha value is -3.42. The Bertz CT molecular complexity index is 1050. The summed E-state index contributed by atoms with van der Waals surface area (Å²) in [4.78, 5) is 9.03. The van der Waals surface area contributed by atoms with Crippen LogP contribution in [0.5, 0.6) is 0 Å². The molecule has 8 heteroatoms. The summed E-state index contributed by atoms with van der Waals surface area (Å²) in [5, 5.41) is 18.8. The molecule has 0 saturated carbocycles. The van der Waals surface area contributed by atoms with Crippen LogP contribution >= 0.6 is 0 Å². The van der Waals surface area contributed by atoms with Crippen LogP contribution in [0.2, 0.25) is 0 Å². The summed E-state index contributed by atoms with van der Waals surface area (Å²) in [7, 11) is 0. The van der Waals surface area contributed by atoms with Crippen LogP contribution in [-0.4, -0.2) is 40.4 Å². The smallest absolute Gasteiger partial charge is 0.223 e. The van der Waals surface area contributed by atoms with E-state index >= 15 is 0 Å². The maximum Gasteiger partial charge on any atom is 0.223 e. The molecule has 0 bridgehead atoms. The molecule has 8 nitrogen and oxygen atoms in total. The summed E-state index contributed by atoms with van der Waals surface area (Å²) in [6, 6.07) is 12.4. The molecular weight excluding hydrogens is 364 g/mol. The van der Waals surface area contributed by atoms with Crippen LogP contribution in [0.4, 0.5) is 0 Å². The summed E-state index contributed by atoms with van der Waals surface area (Å²) in [6.07, 6.45) is 6.27. The summed E-state index contributed by atoms with van der Waals surface area (Å²) in [6.45, 7) is 4.88. The van der Waals surface area contributed by atoms with Crippen molar-refractivity contribution in [1.82, 2.24) is 40.4 Å². The van der Waals surface area contributed by atoms with Gasteiger partial charge in [-0.1, -0.05) is 50.1 Å². The molecule has 148 valence electrons. The zero-order valence-corrected chi connectivity index (χ0v) is 16.7. The molecular formula is C21H24N8. The number of pyridine rings is 1. The second-order valence-corrected chi connectivity index (χ2v) is 7.02. The van der Waals surface area contributed by atoms with Gasteiger partial charge in [0, 0.05) is 18.2 Å². The highest BCUT2D eigenvalue weighted by Gasteiger charge is 2.13. The van der Waals surface area contributed by atoms with Gasteiger partial charge in [-0.25, -0.2) is 9.67 Å². The first-order valence-corrected chi connectivity index (χ1v) is 9.93. The quantitative estimate of drug-likeness (QED) is 0.463. The number of H-pyrrole nitrogens is 1. The molecule has 0 atom stereocenters. The molecule has 4 aromatic rings. The number of unbranched alkanes of at least 4 members (excludes halogenated alkanes) is 2. The van der Waals surface area contributed by atoms with Gasteiger partial charge in [-0.3, -0.25) is 4.98 Å². The number of hydrogen-bond acceptors (Lipinski definition) is 6. The van der Waals surface area contributed by atoms with E-state index < -0.39 is 0 Å². The van der Waals surface area contributed by atoms with Crippen molar-refractivity contribution in [3.8, 4) is 22.6 Å². The molecule has 0 saturated heterocycles. The first-order valence-electron chi connectivity index (χ1n) is 9.93. The molecule has 3 heterocycles. The van der Waals surface area contributed by atoms with Crippen molar-refractivity contribution in [2.75, 3.05) is 0 Å². The van der Waals surface area contributed by atoms with E-state index in [1.54, 1.807) is 6.20 Å². The molecule has 0 unspecified atom stereocenters. The highest BCUT2D eigenvalue weighted by atomic mass is 15.5. The average molecular weight is 388 g/mol. The predicted molar refractivity (Wildman–Crippen MR) is 110 cm³/mol. The van der Waals surface area contributed by atoms with Gasteiger partial charge in [0.25, 0.3) is 0 Å². The number of tetrazole rings is 1. The largest absolute Gasteiger partial charge is 0.252 e. The lowest BCUT2D eigenvalue weighted by Crippen LogP contribution is -2.07. The molecule has 1 aromatic carbocycles. The SMILES string of the molecule is CCCCCc1nc(C)nn1Cc1ccc(-c2cccnc2-c2nn[nH]n2)cc1. The molecule has 0 aliphatic heterocycles. The molecule has 0 amide bonds. The number of aryl methyl sites for hydroxylation is 2. The maximum atomic E-state index is 4.60. The Morgan fingerprint density at radius 2 is 1.93 bits per heavy atom. The van der Waals surface area contributed by atoms with Crippen molar-refractivity contribution < 1.29 is 0 Å². The van der Waals surface area contributed by atoms with E-state index in [0.717, 1.165) is 35.6 Å². The van der Waals surface area contributed by atoms with E-state index in [-0.39, 0.29) is 0 Å². The standard InChI is InChI=1S/C21H24N8/c1-3-4-5-8-19-23-15(2)26-29(19)14-16-9-11-17(12-10-16)18-7-6-13-22-20(18)21-24-27-28-25-21/h6-7,9-13H,3-5,8,14H2,1-2H3,(H,24,25,27,28). The molecule has 3 aromatic heterocycles. The van der Waals surface area contributed by atoms with Crippen LogP contribution in [0.25, 0.3) is 22.6 Å². The van der Waals surface area contributed by atoms with Gasteiger partial charge in [-0.05, 0) is 35.8 Å². The van der Waals surface area contributed by atoms with Crippen molar-refractivity contribution in [1.29, 1.82) is 0 Å². The second kappa shape index (κ2) is 8.72. The van der Waals surface area contributed by atoms with Gasteiger partial charge >= 0.3 is 0 Å². The van der Waals surface area contributed by atoms with E-state index in [9.17, 15) is 0 Å². The topological polar surface area (TPSA) is 98.1 Å². The number of aromatic nitrogens is 8. The Labute approximate surface area is 169 Å². The van der Waals surface area contributed by atoms with E-state index in [2.05, 4.69) is 66.9 Å². The van der Waals surface area contributed by atoms with Crippen LogP contribution in [0.15, 0.2) is 42.6 Å². The average Bonchev–Trinajstić information content (AvgIpc) is 3.39. The van der Waals surface area contributed by atoms with Crippen LogP contribution in [0.1, 0.15) is 43.4 Å². The second-order valence-electron chi connectivity index (χ2n) is 7.02. The molecule has 4 rings (SSSR count). The fourth-order valence-corrected chi connectivity index (χ4v) is 3.39. The summed E-state index contributed by atoms with van der Waals surface area (Å²) >= 11 is 0. The van der Waals surface area contributed by atoms with E-state index in [1.165, 1.54) is 18.4 Å². The maximum absolute atomic E-state index is 4.60. The number of nitrogens with one attached hydrogen (secondary N) is 1. The first kappa shape index (κ1) is 18.9. The summed E-state index contributed by atoms with van der Waals surface area (Å²) in [5.41, 5.74) is 3.91. The zero-order chi connectivity index (χ0) is 20.1. The molecule has 0 aliphatic carbocycles.